The van der Waals surface area contributed by atoms with Gasteiger partial charge < -0.3 is 30.0 Å². The van der Waals surface area contributed by atoms with E-state index in [1.54, 1.807) is 6.07 Å². The molecular formula is C16H18ClKN2O5. The number of rotatable bonds is 6. The third-order valence-corrected chi connectivity index (χ3v) is 4.27. The van der Waals surface area contributed by atoms with Crippen LogP contribution < -0.4 is 76.6 Å². The van der Waals surface area contributed by atoms with Crippen LogP contribution in [-0.2, 0) is 11.2 Å². The third kappa shape index (κ3) is 5.73. The molecule has 1 aromatic carbocycles. The fourth-order valence-electron chi connectivity index (χ4n) is 2.62. The molecule has 0 bridgehead atoms. The maximum atomic E-state index is 11.8. The van der Waals surface area contributed by atoms with Gasteiger partial charge in [0.1, 0.15) is 13.2 Å². The standard InChI is InChI=1S/C16H19ClN2O5.K/c17-11-7-9(8-12-14(11)24-6-5-23-12)3-4-18-16(22)19-13(15(20)21)10-1-2-10;/h7-8,10,13H,1-6H2,(H,20,21)(H2,18,19,22);/q;+1/p-1. The predicted octanol–water partition coefficient (Wildman–Crippen LogP) is -2.51. The van der Waals surface area contributed by atoms with Gasteiger partial charge in [-0.3, -0.25) is 0 Å². The third-order valence-electron chi connectivity index (χ3n) is 3.99. The van der Waals surface area contributed by atoms with Crippen LogP contribution in [0.15, 0.2) is 12.1 Å². The van der Waals surface area contributed by atoms with Crippen LogP contribution in [0.2, 0.25) is 5.02 Å². The number of carboxylic acids is 1. The van der Waals surface area contributed by atoms with Crippen molar-refractivity contribution in [2.75, 3.05) is 19.8 Å². The van der Waals surface area contributed by atoms with Crippen molar-refractivity contribution in [3.05, 3.63) is 22.7 Å². The van der Waals surface area contributed by atoms with Gasteiger partial charge in [-0.1, -0.05) is 11.6 Å². The van der Waals surface area contributed by atoms with Crippen LogP contribution >= 0.6 is 11.6 Å². The summed E-state index contributed by atoms with van der Waals surface area (Å²) in [4.78, 5) is 22.8. The van der Waals surface area contributed by atoms with Crippen molar-refractivity contribution in [2.24, 2.45) is 5.92 Å². The second kappa shape index (κ2) is 9.43. The summed E-state index contributed by atoms with van der Waals surface area (Å²) in [5, 5.41) is 16.5. The average molecular weight is 393 g/mol. The van der Waals surface area contributed by atoms with Crippen molar-refractivity contribution in [1.29, 1.82) is 0 Å². The molecule has 0 saturated heterocycles. The van der Waals surface area contributed by atoms with Gasteiger partial charge in [-0.05, 0) is 42.9 Å². The molecule has 1 fully saturated rings. The number of nitrogens with one attached hydrogen (secondary N) is 2. The quantitative estimate of drug-likeness (QED) is 0.521. The number of hydrogen-bond acceptors (Lipinski definition) is 5. The predicted molar refractivity (Wildman–Crippen MR) is 84.2 cm³/mol. The number of urea groups is 1. The topological polar surface area (TPSA) is 99.7 Å². The average Bonchev–Trinajstić information content (AvgIpc) is 3.37. The summed E-state index contributed by atoms with van der Waals surface area (Å²) in [6, 6.07) is 2.16. The summed E-state index contributed by atoms with van der Waals surface area (Å²) < 4.78 is 11.0. The molecule has 2 aliphatic rings. The zero-order valence-electron chi connectivity index (χ0n) is 14.0. The smallest absolute Gasteiger partial charge is 0.548 e. The molecule has 9 heteroatoms. The Morgan fingerprint density at radius 1 is 1.28 bits per heavy atom. The molecule has 1 aromatic rings. The Bertz CT molecular complexity index is 654. The number of amides is 2. The van der Waals surface area contributed by atoms with Gasteiger partial charge in [0.05, 0.1) is 17.0 Å². The van der Waals surface area contributed by atoms with Crippen LogP contribution in [0.3, 0.4) is 0 Å². The fraction of sp³-hybridized carbons (Fsp3) is 0.500. The number of halogens is 1. The van der Waals surface area contributed by atoms with Crippen LogP contribution in [0.5, 0.6) is 11.5 Å². The van der Waals surface area contributed by atoms with Crippen molar-refractivity contribution in [2.45, 2.75) is 25.3 Å². The van der Waals surface area contributed by atoms with Crippen molar-refractivity contribution in [3.63, 3.8) is 0 Å². The summed E-state index contributed by atoms with van der Waals surface area (Å²) in [5.74, 6) is -0.124. The molecule has 0 radical (unpaired) electrons. The van der Waals surface area contributed by atoms with Crippen molar-refractivity contribution in [3.8, 4) is 11.5 Å². The monoisotopic (exact) mass is 392 g/mol. The molecule has 7 nitrogen and oxygen atoms in total. The maximum Gasteiger partial charge on any atom is 1.00 e. The minimum atomic E-state index is -1.24. The first-order valence-corrected chi connectivity index (χ1v) is 8.25. The summed E-state index contributed by atoms with van der Waals surface area (Å²) in [5.41, 5.74) is 0.892. The Hall–Kier alpha value is -0.514. The molecule has 2 amide bonds. The van der Waals surface area contributed by atoms with Gasteiger partial charge in [0.2, 0.25) is 0 Å². The van der Waals surface area contributed by atoms with E-state index >= 15 is 0 Å². The SMILES string of the molecule is O=C(NCCc1cc(Cl)c2c(c1)OCCO2)NC(C(=O)[O-])C1CC1.[K+]. The first kappa shape index (κ1) is 20.8. The van der Waals surface area contributed by atoms with Crippen LogP contribution in [0.1, 0.15) is 18.4 Å². The Balaban J connectivity index is 0.00000225. The molecule has 0 spiro atoms. The maximum absolute atomic E-state index is 11.8. The number of fused-ring (bicyclic) bond motifs is 1. The first-order valence-electron chi connectivity index (χ1n) is 7.88. The Labute approximate surface area is 193 Å². The minimum Gasteiger partial charge on any atom is -0.548 e. The Kier molecular flexibility index (Phi) is 7.84. The molecule has 130 valence electrons. The molecule has 1 saturated carbocycles. The van der Waals surface area contributed by atoms with Crippen LogP contribution in [-0.4, -0.2) is 37.8 Å². The van der Waals surface area contributed by atoms with E-state index < -0.39 is 18.0 Å². The summed E-state index contributed by atoms with van der Waals surface area (Å²) >= 11 is 6.16. The number of benzene rings is 1. The van der Waals surface area contributed by atoms with Gasteiger partial charge in [0.25, 0.3) is 0 Å². The molecule has 1 aliphatic carbocycles. The zero-order chi connectivity index (χ0) is 17.1. The van der Waals surface area contributed by atoms with E-state index in [-0.39, 0.29) is 57.3 Å². The van der Waals surface area contributed by atoms with Gasteiger partial charge in [-0.15, -0.1) is 0 Å². The molecule has 3 rings (SSSR count). The van der Waals surface area contributed by atoms with E-state index in [0.717, 1.165) is 18.4 Å². The number of carboxylic acid groups (broad SMARTS) is 1. The van der Waals surface area contributed by atoms with E-state index in [4.69, 9.17) is 21.1 Å². The van der Waals surface area contributed by atoms with Gasteiger partial charge in [-0.2, -0.15) is 0 Å². The van der Waals surface area contributed by atoms with E-state index in [0.29, 0.717) is 42.7 Å². The molecule has 2 N–H and O–H groups in total. The summed E-state index contributed by atoms with van der Waals surface area (Å²) in [7, 11) is 0. The second-order valence-electron chi connectivity index (χ2n) is 5.89. The largest absolute Gasteiger partial charge is 1.00 e. The van der Waals surface area contributed by atoms with Crippen LogP contribution in [0, 0.1) is 5.92 Å². The molecule has 1 aliphatic heterocycles. The molecular weight excluding hydrogens is 375 g/mol. The van der Waals surface area contributed by atoms with Gasteiger partial charge in [0.15, 0.2) is 11.5 Å². The molecule has 1 atom stereocenters. The minimum absolute atomic E-state index is 0. The van der Waals surface area contributed by atoms with Crippen LogP contribution in [0.4, 0.5) is 4.79 Å². The molecule has 25 heavy (non-hydrogen) atoms. The molecule has 1 heterocycles. The number of carbonyl (C=O) groups excluding carboxylic acids is 2. The summed E-state index contributed by atoms with van der Waals surface area (Å²) in [6.45, 7) is 1.28. The number of ether oxygens (including phenoxy) is 2. The van der Waals surface area contributed by atoms with Gasteiger partial charge in [-0.25, -0.2) is 4.79 Å². The van der Waals surface area contributed by atoms with Crippen molar-refractivity contribution in [1.82, 2.24) is 10.6 Å². The van der Waals surface area contributed by atoms with E-state index in [2.05, 4.69) is 10.6 Å². The van der Waals surface area contributed by atoms with Gasteiger partial charge >= 0.3 is 57.4 Å². The second-order valence-corrected chi connectivity index (χ2v) is 6.29. The number of aliphatic carboxylic acids is 1. The molecule has 0 aromatic heterocycles. The van der Waals surface area contributed by atoms with E-state index in [1.807, 2.05) is 6.07 Å². The molecule has 1 unspecified atom stereocenters. The number of carbonyl (C=O) groups is 2. The Morgan fingerprint density at radius 3 is 2.68 bits per heavy atom. The summed E-state index contributed by atoms with van der Waals surface area (Å²) in [6.07, 6.45) is 2.13. The Morgan fingerprint density at radius 2 is 2.00 bits per heavy atom. The normalized spacial score (nSPS) is 16.4. The van der Waals surface area contributed by atoms with Crippen LogP contribution in [0.25, 0.3) is 0 Å². The van der Waals surface area contributed by atoms with Crippen molar-refractivity contribution >= 4 is 23.6 Å². The van der Waals surface area contributed by atoms with E-state index in [9.17, 15) is 14.7 Å². The number of hydrogen-bond donors (Lipinski definition) is 2. The van der Waals surface area contributed by atoms with Gasteiger partial charge in [0, 0.05) is 6.54 Å². The fourth-order valence-corrected chi connectivity index (χ4v) is 2.91. The van der Waals surface area contributed by atoms with Crippen molar-refractivity contribution < 1.29 is 75.6 Å². The van der Waals surface area contributed by atoms with E-state index in [1.165, 1.54) is 0 Å². The zero-order valence-corrected chi connectivity index (χ0v) is 17.9. The first-order chi connectivity index (χ1) is 11.5.